The Balaban J connectivity index is 3.13. The van der Waals surface area contributed by atoms with Crippen molar-refractivity contribution in [3.05, 3.63) is 0 Å². The molecule has 0 aromatic rings. The first-order valence-electron chi connectivity index (χ1n) is 7.51. The minimum Gasteiger partial charge on any atom is -0.314 e. The summed E-state index contributed by atoms with van der Waals surface area (Å²) in [5.74, 6) is 1.33. The topological polar surface area (TPSA) is 12.0 Å². The summed E-state index contributed by atoms with van der Waals surface area (Å²) in [4.78, 5) is 0. The molecule has 0 heterocycles. The van der Waals surface area contributed by atoms with E-state index in [0.29, 0.717) is 12.0 Å². The first-order valence-corrected chi connectivity index (χ1v) is 8.05. The summed E-state index contributed by atoms with van der Waals surface area (Å²) in [7, 11) is 0. The molecule has 0 aliphatic rings. The van der Waals surface area contributed by atoms with Gasteiger partial charge in [0.15, 0.2) is 0 Å². The molecule has 0 rings (SSSR count). The molecule has 0 bridgehead atoms. The molecule has 2 unspecified atom stereocenters. The fraction of sp³-hybridized carbons (Fsp3) is 1.00. The highest BCUT2D eigenvalue weighted by atomic mass is 35.5. The number of nitrogens with one attached hydrogen (secondary N) is 1. The maximum atomic E-state index is 5.83. The SMILES string of the molecule is CCCCCCCCCCNC(C)C(C)CCl. The molecule has 0 saturated carbocycles. The van der Waals surface area contributed by atoms with Crippen LogP contribution in [0, 0.1) is 5.92 Å². The molecule has 0 saturated heterocycles. The summed E-state index contributed by atoms with van der Waals surface area (Å²) in [6, 6.07) is 0.553. The monoisotopic (exact) mass is 261 g/mol. The summed E-state index contributed by atoms with van der Waals surface area (Å²) >= 11 is 5.83. The predicted octanol–water partition coefficient (Wildman–Crippen LogP) is 4.98. The second-order valence-corrected chi connectivity index (χ2v) is 5.66. The fourth-order valence-corrected chi connectivity index (χ4v) is 2.19. The van der Waals surface area contributed by atoms with Crippen LogP contribution in [-0.2, 0) is 0 Å². The van der Waals surface area contributed by atoms with E-state index in [1.54, 1.807) is 0 Å². The molecule has 2 heteroatoms. The van der Waals surface area contributed by atoms with E-state index in [0.717, 1.165) is 12.4 Å². The van der Waals surface area contributed by atoms with E-state index in [4.69, 9.17) is 11.6 Å². The third kappa shape index (κ3) is 11.1. The minimum absolute atomic E-state index is 0.553. The maximum absolute atomic E-state index is 5.83. The molecule has 0 fully saturated rings. The molecule has 0 amide bonds. The summed E-state index contributed by atoms with van der Waals surface area (Å²) in [6.07, 6.45) is 11.1. The van der Waals surface area contributed by atoms with Crippen molar-refractivity contribution < 1.29 is 0 Å². The molecule has 0 aromatic heterocycles. The molecule has 0 radical (unpaired) electrons. The van der Waals surface area contributed by atoms with Crippen molar-refractivity contribution in [3.63, 3.8) is 0 Å². The molecule has 1 nitrogen and oxygen atoms in total. The Labute approximate surface area is 114 Å². The first kappa shape index (κ1) is 17.2. The van der Waals surface area contributed by atoms with Gasteiger partial charge in [-0.2, -0.15) is 0 Å². The van der Waals surface area contributed by atoms with Gasteiger partial charge in [0.25, 0.3) is 0 Å². The summed E-state index contributed by atoms with van der Waals surface area (Å²) in [5.41, 5.74) is 0. The van der Waals surface area contributed by atoms with E-state index in [1.807, 2.05) is 0 Å². The molecular weight excluding hydrogens is 230 g/mol. The van der Waals surface area contributed by atoms with E-state index in [1.165, 1.54) is 51.4 Å². The van der Waals surface area contributed by atoms with Crippen molar-refractivity contribution >= 4 is 11.6 Å². The van der Waals surface area contributed by atoms with Crippen LogP contribution < -0.4 is 5.32 Å². The first-order chi connectivity index (χ1) is 8.22. The third-order valence-corrected chi connectivity index (χ3v) is 4.08. The maximum Gasteiger partial charge on any atom is 0.0263 e. The normalized spacial score (nSPS) is 14.8. The van der Waals surface area contributed by atoms with Crippen molar-refractivity contribution in [2.45, 2.75) is 78.2 Å². The van der Waals surface area contributed by atoms with Crippen molar-refractivity contribution in [1.82, 2.24) is 5.32 Å². The zero-order valence-electron chi connectivity index (χ0n) is 12.1. The number of hydrogen-bond donors (Lipinski definition) is 1. The Morgan fingerprint density at radius 2 is 1.41 bits per heavy atom. The lowest BCUT2D eigenvalue weighted by Crippen LogP contribution is -2.33. The lowest BCUT2D eigenvalue weighted by Gasteiger charge is -2.18. The molecule has 0 aliphatic heterocycles. The van der Waals surface area contributed by atoms with Gasteiger partial charge in [0, 0.05) is 11.9 Å². The van der Waals surface area contributed by atoms with E-state index in [9.17, 15) is 0 Å². The van der Waals surface area contributed by atoms with Gasteiger partial charge in [-0.05, 0) is 25.8 Å². The number of alkyl halides is 1. The number of unbranched alkanes of at least 4 members (excludes halogenated alkanes) is 7. The van der Waals surface area contributed by atoms with Gasteiger partial charge < -0.3 is 5.32 Å². The number of rotatable bonds is 12. The van der Waals surface area contributed by atoms with Crippen LogP contribution >= 0.6 is 11.6 Å². The highest BCUT2D eigenvalue weighted by molar-refractivity contribution is 6.18. The second-order valence-electron chi connectivity index (χ2n) is 5.35. The third-order valence-electron chi connectivity index (χ3n) is 3.59. The Hall–Kier alpha value is 0.250. The van der Waals surface area contributed by atoms with Crippen molar-refractivity contribution in [2.75, 3.05) is 12.4 Å². The quantitative estimate of drug-likeness (QED) is 0.386. The Morgan fingerprint density at radius 1 is 0.882 bits per heavy atom. The van der Waals surface area contributed by atoms with Gasteiger partial charge in [0.2, 0.25) is 0 Å². The van der Waals surface area contributed by atoms with Gasteiger partial charge in [-0.25, -0.2) is 0 Å². The molecule has 1 N–H and O–H groups in total. The smallest absolute Gasteiger partial charge is 0.0263 e. The minimum atomic E-state index is 0.553. The van der Waals surface area contributed by atoms with Crippen molar-refractivity contribution in [2.24, 2.45) is 5.92 Å². The van der Waals surface area contributed by atoms with Gasteiger partial charge in [0.1, 0.15) is 0 Å². The molecule has 2 atom stereocenters. The highest BCUT2D eigenvalue weighted by Crippen LogP contribution is 2.08. The lowest BCUT2D eigenvalue weighted by molar-refractivity contribution is 0.422. The van der Waals surface area contributed by atoms with Crippen LogP contribution in [0.2, 0.25) is 0 Å². The molecule has 0 spiro atoms. The van der Waals surface area contributed by atoms with E-state index in [-0.39, 0.29) is 0 Å². The lowest BCUT2D eigenvalue weighted by atomic mass is 10.1. The molecule has 17 heavy (non-hydrogen) atoms. The predicted molar refractivity (Wildman–Crippen MR) is 80.0 cm³/mol. The zero-order valence-corrected chi connectivity index (χ0v) is 12.9. The van der Waals surface area contributed by atoms with Crippen LogP contribution in [0.25, 0.3) is 0 Å². The average molecular weight is 262 g/mol. The van der Waals surface area contributed by atoms with Crippen molar-refractivity contribution in [1.29, 1.82) is 0 Å². The van der Waals surface area contributed by atoms with Gasteiger partial charge in [0.05, 0.1) is 0 Å². The second kappa shape index (κ2) is 12.7. The highest BCUT2D eigenvalue weighted by Gasteiger charge is 2.08. The van der Waals surface area contributed by atoms with Crippen LogP contribution in [0.15, 0.2) is 0 Å². The number of hydrogen-bond acceptors (Lipinski definition) is 1. The molecular formula is C15H32ClN. The Kier molecular flexibility index (Phi) is 12.9. The van der Waals surface area contributed by atoms with Gasteiger partial charge in [-0.1, -0.05) is 58.8 Å². The Bertz CT molecular complexity index is 150. The largest absolute Gasteiger partial charge is 0.314 e. The molecule has 104 valence electrons. The standard InChI is InChI=1S/C15H32ClN/c1-4-5-6-7-8-9-10-11-12-17-15(3)14(2)13-16/h14-15,17H,4-13H2,1-3H3. The van der Waals surface area contributed by atoms with Crippen molar-refractivity contribution in [3.8, 4) is 0 Å². The summed E-state index contributed by atoms with van der Waals surface area (Å²) in [5, 5.41) is 3.56. The van der Waals surface area contributed by atoms with Crippen LogP contribution in [-0.4, -0.2) is 18.5 Å². The van der Waals surface area contributed by atoms with Crippen LogP contribution in [0.1, 0.15) is 72.1 Å². The average Bonchev–Trinajstić information content (AvgIpc) is 2.35. The van der Waals surface area contributed by atoms with E-state index < -0.39 is 0 Å². The van der Waals surface area contributed by atoms with Gasteiger partial charge >= 0.3 is 0 Å². The summed E-state index contributed by atoms with van der Waals surface area (Å²) < 4.78 is 0. The van der Waals surface area contributed by atoms with Crippen LogP contribution in [0.4, 0.5) is 0 Å². The summed E-state index contributed by atoms with van der Waals surface area (Å²) in [6.45, 7) is 7.86. The fourth-order valence-electron chi connectivity index (χ4n) is 1.92. The van der Waals surface area contributed by atoms with Gasteiger partial charge in [-0.3, -0.25) is 0 Å². The van der Waals surface area contributed by atoms with Gasteiger partial charge in [-0.15, -0.1) is 11.6 Å². The van der Waals surface area contributed by atoms with Crippen LogP contribution in [0.5, 0.6) is 0 Å². The van der Waals surface area contributed by atoms with Crippen LogP contribution in [0.3, 0.4) is 0 Å². The zero-order chi connectivity index (χ0) is 12.9. The van der Waals surface area contributed by atoms with E-state index >= 15 is 0 Å². The van der Waals surface area contributed by atoms with E-state index in [2.05, 4.69) is 26.1 Å². The molecule has 0 aliphatic carbocycles. The Morgan fingerprint density at radius 3 is 1.94 bits per heavy atom. The molecule has 0 aromatic carbocycles. The number of halogens is 1.